The van der Waals surface area contributed by atoms with Crippen LogP contribution in [0.2, 0.25) is 0 Å². The van der Waals surface area contributed by atoms with E-state index in [1.165, 1.54) is 0 Å². The predicted octanol–water partition coefficient (Wildman–Crippen LogP) is 2.49. The van der Waals surface area contributed by atoms with E-state index < -0.39 is 6.10 Å². The minimum Gasteiger partial charge on any atom is -0.495 e. The van der Waals surface area contributed by atoms with Gasteiger partial charge in [-0.1, -0.05) is 0 Å². The zero-order valence-corrected chi connectivity index (χ0v) is 11.4. The van der Waals surface area contributed by atoms with E-state index in [2.05, 4.69) is 26.1 Å². The molecule has 0 saturated carbocycles. The van der Waals surface area contributed by atoms with Crippen LogP contribution in [0, 0.1) is 6.92 Å². The van der Waals surface area contributed by atoms with E-state index in [0.29, 0.717) is 6.54 Å². The largest absolute Gasteiger partial charge is 0.495 e. The van der Waals surface area contributed by atoms with Crippen molar-refractivity contribution < 1.29 is 9.84 Å². The second kappa shape index (κ2) is 5.17. The lowest BCUT2D eigenvalue weighted by atomic mass is 10.1. The van der Waals surface area contributed by atoms with Crippen molar-refractivity contribution in [3.05, 3.63) is 15.8 Å². The number of hydrogen-bond acceptors (Lipinski definition) is 4. The summed E-state index contributed by atoms with van der Waals surface area (Å²) in [5, 5.41) is 15.4. The van der Waals surface area contributed by atoms with E-state index in [0.717, 1.165) is 16.2 Å². The molecule has 16 heavy (non-hydrogen) atoms. The molecule has 1 unspecified atom stereocenters. The fraction of sp³-hybridized carbons (Fsp3) is 0.667. The number of rotatable bonds is 4. The molecule has 0 radical (unpaired) electrons. The van der Waals surface area contributed by atoms with Crippen LogP contribution in [0.5, 0.6) is 5.75 Å². The quantitative estimate of drug-likeness (QED) is 0.853. The molecule has 4 heteroatoms. The molecule has 0 aromatic carbocycles. The van der Waals surface area contributed by atoms with Gasteiger partial charge in [0.25, 0.3) is 0 Å². The first-order valence-corrected chi connectivity index (χ1v) is 6.28. The van der Waals surface area contributed by atoms with Gasteiger partial charge in [-0.15, -0.1) is 11.3 Å². The Balaban J connectivity index is 2.69. The Morgan fingerprint density at radius 3 is 2.62 bits per heavy atom. The average Bonchev–Trinajstić information content (AvgIpc) is 2.54. The summed E-state index contributed by atoms with van der Waals surface area (Å²) in [6.07, 6.45) is -0.507. The summed E-state index contributed by atoms with van der Waals surface area (Å²) < 4.78 is 5.29. The SMILES string of the molecule is COc1c(C)csc1C(O)CNC(C)(C)C. The number of aliphatic hydroxyl groups is 1. The summed E-state index contributed by atoms with van der Waals surface area (Å²) in [7, 11) is 1.64. The normalized spacial score (nSPS) is 13.9. The maximum Gasteiger partial charge on any atom is 0.138 e. The second-order valence-corrected chi connectivity index (χ2v) is 5.87. The molecule has 92 valence electrons. The smallest absolute Gasteiger partial charge is 0.138 e. The summed E-state index contributed by atoms with van der Waals surface area (Å²) in [4.78, 5) is 0.900. The number of β-amino-alcohol motifs (C(OH)–C–C–N with tert-alkyl or cyclic N) is 1. The third-order valence-corrected chi connectivity index (χ3v) is 3.46. The minimum atomic E-state index is -0.507. The van der Waals surface area contributed by atoms with E-state index in [9.17, 15) is 5.11 Å². The molecule has 1 rings (SSSR count). The first kappa shape index (κ1) is 13.5. The van der Waals surface area contributed by atoms with Gasteiger partial charge in [0.15, 0.2) is 0 Å². The standard InChI is InChI=1S/C12H21NO2S/c1-8-7-16-11(10(8)15-5)9(14)6-13-12(2,3)4/h7,9,13-14H,6H2,1-5H3. The van der Waals surface area contributed by atoms with Gasteiger partial charge in [0.2, 0.25) is 0 Å². The number of thiophene rings is 1. The van der Waals surface area contributed by atoms with Gasteiger partial charge in [-0.2, -0.15) is 0 Å². The van der Waals surface area contributed by atoms with Gasteiger partial charge in [0.1, 0.15) is 11.9 Å². The van der Waals surface area contributed by atoms with Crippen molar-refractivity contribution in [3.8, 4) is 5.75 Å². The molecule has 0 bridgehead atoms. The Hall–Kier alpha value is -0.580. The monoisotopic (exact) mass is 243 g/mol. The predicted molar refractivity (Wildman–Crippen MR) is 68.3 cm³/mol. The van der Waals surface area contributed by atoms with Gasteiger partial charge in [-0.05, 0) is 33.1 Å². The number of nitrogens with one attached hydrogen (secondary N) is 1. The first-order valence-electron chi connectivity index (χ1n) is 5.40. The van der Waals surface area contributed by atoms with Crippen LogP contribution in [0.15, 0.2) is 5.38 Å². The van der Waals surface area contributed by atoms with E-state index in [1.807, 2.05) is 12.3 Å². The topological polar surface area (TPSA) is 41.5 Å². The van der Waals surface area contributed by atoms with Gasteiger partial charge in [0.05, 0.1) is 12.0 Å². The highest BCUT2D eigenvalue weighted by Crippen LogP contribution is 2.34. The highest BCUT2D eigenvalue weighted by atomic mass is 32.1. The Kier molecular flexibility index (Phi) is 4.35. The molecule has 0 aliphatic rings. The number of ether oxygens (including phenoxy) is 1. The summed E-state index contributed by atoms with van der Waals surface area (Å²) in [6, 6.07) is 0. The number of methoxy groups -OCH3 is 1. The van der Waals surface area contributed by atoms with Crippen LogP contribution in [0.1, 0.15) is 37.3 Å². The molecule has 0 fully saturated rings. The molecule has 1 heterocycles. The fourth-order valence-corrected chi connectivity index (χ4v) is 2.44. The molecular weight excluding hydrogens is 222 g/mol. The highest BCUT2D eigenvalue weighted by molar-refractivity contribution is 7.10. The van der Waals surface area contributed by atoms with Crippen LogP contribution < -0.4 is 10.1 Å². The Morgan fingerprint density at radius 2 is 2.12 bits per heavy atom. The van der Waals surface area contributed by atoms with Gasteiger partial charge >= 0.3 is 0 Å². The van der Waals surface area contributed by atoms with Crippen molar-refractivity contribution in [3.63, 3.8) is 0 Å². The van der Waals surface area contributed by atoms with Crippen molar-refractivity contribution in [2.45, 2.75) is 39.3 Å². The Bertz CT molecular complexity index is 341. The molecule has 1 aromatic rings. The zero-order chi connectivity index (χ0) is 12.3. The Labute approximate surface area is 101 Å². The van der Waals surface area contributed by atoms with Crippen LogP contribution in [0.4, 0.5) is 0 Å². The van der Waals surface area contributed by atoms with Crippen LogP contribution in [0.3, 0.4) is 0 Å². The summed E-state index contributed by atoms with van der Waals surface area (Å²) >= 11 is 1.54. The lowest BCUT2D eigenvalue weighted by Gasteiger charge is -2.22. The average molecular weight is 243 g/mol. The third kappa shape index (κ3) is 3.47. The van der Waals surface area contributed by atoms with E-state index in [1.54, 1.807) is 18.4 Å². The molecular formula is C12H21NO2S. The van der Waals surface area contributed by atoms with Crippen LogP contribution in [-0.2, 0) is 0 Å². The maximum absolute atomic E-state index is 10.1. The second-order valence-electron chi connectivity index (χ2n) is 4.96. The third-order valence-electron chi connectivity index (χ3n) is 2.28. The van der Waals surface area contributed by atoms with Crippen molar-refractivity contribution in [2.75, 3.05) is 13.7 Å². The summed E-state index contributed by atoms with van der Waals surface area (Å²) in [5.41, 5.74) is 1.10. The molecule has 0 aliphatic carbocycles. The molecule has 1 atom stereocenters. The van der Waals surface area contributed by atoms with Gasteiger partial charge in [0, 0.05) is 17.6 Å². The lowest BCUT2D eigenvalue weighted by Crippen LogP contribution is -2.38. The number of hydrogen-bond donors (Lipinski definition) is 2. The Morgan fingerprint density at radius 1 is 1.50 bits per heavy atom. The maximum atomic E-state index is 10.1. The van der Waals surface area contributed by atoms with Gasteiger partial charge in [-0.3, -0.25) is 0 Å². The zero-order valence-electron chi connectivity index (χ0n) is 10.6. The van der Waals surface area contributed by atoms with Crippen LogP contribution in [-0.4, -0.2) is 24.3 Å². The van der Waals surface area contributed by atoms with E-state index in [-0.39, 0.29) is 5.54 Å². The van der Waals surface area contributed by atoms with E-state index >= 15 is 0 Å². The molecule has 0 saturated heterocycles. The van der Waals surface area contributed by atoms with Crippen molar-refractivity contribution in [2.24, 2.45) is 0 Å². The molecule has 0 amide bonds. The van der Waals surface area contributed by atoms with Crippen LogP contribution in [0.25, 0.3) is 0 Å². The molecule has 3 nitrogen and oxygen atoms in total. The molecule has 0 aliphatic heterocycles. The molecule has 0 spiro atoms. The van der Waals surface area contributed by atoms with E-state index in [4.69, 9.17) is 4.74 Å². The lowest BCUT2D eigenvalue weighted by molar-refractivity contribution is 0.163. The summed E-state index contributed by atoms with van der Waals surface area (Å²) in [5.74, 6) is 0.813. The summed E-state index contributed by atoms with van der Waals surface area (Å²) in [6.45, 7) is 8.77. The van der Waals surface area contributed by atoms with Crippen LogP contribution >= 0.6 is 11.3 Å². The number of aryl methyl sites for hydroxylation is 1. The molecule has 2 N–H and O–H groups in total. The van der Waals surface area contributed by atoms with Gasteiger partial charge < -0.3 is 15.2 Å². The fourth-order valence-electron chi connectivity index (χ4n) is 1.44. The number of aliphatic hydroxyl groups excluding tert-OH is 1. The highest BCUT2D eigenvalue weighted by Gasteiger charge is 2.19. The minimum absolute atomic E-state index is 0.0144. The van der Waals surface area contributed by atoms with Crippen molar-refractivity contribution in [1.82, 2.24) is 5.32 Å². The van der Waals surface area contributed by atoms with Gasteiger partial charge in [-0.25, -0.2) is 0 Å². The molecule has 1 aromatic heterocycles. The van der Waals surface area contributed by atoms with Crippen molar-refractivity contribution in [1.29, 1.82) is 0 Å². The first-order chi connectivity index (χ1) is 7.35. The van der Waals surface area contributed by atoms with Crippen molar-refractivity contribution >= 4 is 11.3 Å².